The molecule has 5 nitrogen and oxygen atoms in total. The van der Waals surface area contributed by atoms with Gasteiger partial charge in [0.2, 0.25) is 5.91 Å². The second-order valence-corrected chi connectivity index (χ2v) is 6.03. The van der Waals surface area contributed by atoms with Gasteiger partial charge >= 0.3 is 0 Å². The molecule has 0 spiro atoms. The minimum atomic E-state index is -0.710. The smallest absolute Gasteiger partial charge is 0.256 e. The Hall–Kier alpha value is -2.24. The molecule has 1 aliphatic heterocycles. The van der Waals surface area contributed by atoms with Crippen molar-refractivity contribution in [1.82, 2.24) is 0 Å². The van der Waals surface area contributed by atoms with E-state index in [4.69, 9.17) is 27.9 Å². The van der Waals surface area contributed by atoms with E-state index in [-0.39, 0.29) is 18.2 Å². The monoisotopic (exact) mass is 364 g/mol. The summed E-state index contributed by atoms with van der Waals surface area (Å²) in [5.74, 6) is -0.207. The first-order valence-electron chi connectivity index (χ1n) is 7.23. The average molecular weight is 365 g/mol. The van der Waals surface area contributed by atoms with Gasteiger partial charge in [-0.3, -0.25) is 9.59 Å². The number of rotatable bonds is 4. The van der Waals surface area contributed by atoms with Crippen molar-refractivity contribution in [1.29, 1.82) is 0 Å². The molecule has 0 saturated carbocycles. The van der Waals surface area contributed by atoms with Crippen LogP contribution in [-0.2, 0) is 9.59 Å². The number of anilines is 2. The zero-order valence-corrected chi connectivity index (χ0v) is 14.3. The molecule has 1 N–H and O–H groups in total. The largest absolute Gasteiger partial charge is 0.495 e. The van der Waals surface area contributed by atoms with E-state index in [2.05, 4.69) is 5.32 Å². The molecule has 0 bridgehead atoms. The number of amides is 2. The van der Waals surface area contributed by atoms with Gasteiger partial charge in [-0.25, -0.2) is 4.90 Å². The Kier molecular flexibility index (Phi) is 4.64. The van der Waals surface area contributed by atoms with E-state index in [1.54, 1.807) is 42.5 Å². The molecule has 1 aliphatic rings. The van der Waals surface area contributed by atoms with Gasteiger partial charge in [0, 0.05) is 0 Å². The summed E-state index contributed by atoms with van der Waals surface area (Å²) in [6.45, 7) is 0. The van der Waals surface area contributed by atoms with Crippen LogP contribution in [0.25, 0.3) is 0 Å². The summed E-state index contributed by atoms with van der Waals surface area (Å²) in [4.78, 5) is 26.2. The van der Waals surface area contributed by atoms with Crippen molar-refractivity contribution in [3.63, 3.8) is 0 Å². The normalized spacial score (nSPS) is 17.3. The van der Waals surface area contributed by atoms with Gasteiger partial charge in [-0.15, -0.1) is 0 Å². The molecule has 1 saturated heterocycles. The third kappa shape index (κ3) is 2.92. The van der Waals surface area contributed by atoms with Crippen molar-refractivity contribution in [3.8, 4) is 5.75 Å². The molecule has 124 valence electrons. The van der Waals surface area contributed by atoms with E-state index in [0.29, 0.717) is 27.2 Å². The van der Waals surface area contributed by atoms with Crippen LogP contribution in [0.5, 0.6) is 5.75 Å². The summed E-state index contributed by atoms with van der Waals surface area (Å²) in [7, 11) is 1.49. The third-order valence-electron chi connectivity index (χ3n) is 3.75. The minimum absolute atomic E-state index is 0.0275. The van der Waals surface area contributed by atoms with Gasteiger partial charge in [0.1, 0.15) is 11.8 Å². The SMILES string of the molecule is COc1ccccc1N1C(=O)C[C@@H](Nc2cccc(Cl)c2Cl)C1=O. The lowest BCUT2D eigenvalue weighted by molar-refractivity contribution is -0.121. The van der Waals surface area contributed by atoms with Crippen LogP contribution in [0.4, 0.5) is 11.4 Å². The molecule has 0 aromatic heterocycles. The predicted molar refractivity (Wildman–Crippen MR) is 94.0 cm³/mol. The molecule has 2 aromatic rings. The second-order valence-electron chi connectivity index (χ2n) is 5.24. The Morgan fingerprint density at radius 3 is 2.62 bits per heavy atom. The summed E-state index contributed by atoms with van der Waals surface area (Å²) in [6.07, 6.45) is 0.0275. The Morgan fingerprint density at radius 1 is 1.12 bits per heavy atom. The maximum absolute atomic E-state index is 12.7. The number of para-hydroxylation sites is 2. The summed E-state index contributed by atoms with van der Waals surface area (Å²) in [6, 6.07) is 11.2. The number of imide groups is 1. The van der Waals surface area contributed by atoms with Crippen molar-refractivity contribution < 1.29 is 14.3 Å². The van der Waals surface area contributed by atoms with Crippen molar-refractivity contribution in [2.24, 2.45) is 0 Å². The quantitative estimate of drug-likeness (QED) is 0.839. The van der Waals surface area contributed by atoms with E-state index in [1.807, 2.05) is 0 Å². The van der Waals surface area contributed by atoms with Gasteiger partial charge in [0.15, 0.2) is 0 Å². The highest BCUT2D eigenvalue weighted by Crippen LogP contribution is 2.34. The fourth-order valence-electron chi connectivity index (χ4n) is 2.62. The summed E-state index contributed by atoms with van der Waals surface area (Å²) in [5.41, 5.74) is 0.939. The van der Waals surface area contributed by atoms with E-state index in [1.165, 1.54) is 7.11 Å². The summed E-state index contributed by atoms with van der Waals surface area (Å²) in [5, 5.41) is 3.69. The van der Waals surface area contributed by atoms with Gasteiger partial charge in [0.05, 0.1) is 35.0 Å². The van der Waals surface area contributed by atoms with Crippen molar-refractivity contribution >= 4 is 46.4 Å². The molecule has 24 heavy (non-hydrogen) atoms. The van der Waals surface area contributed by atoms with Gasteiger partial charge in [-0.05, 0) is 24.3 Å². The fraction of sp³-hybridized carbons (Fsp3) is 0.176. The molecule has 1 heterocycles. The highest BCUT2D eigenvalue weighted by atomic mass is 35.5. The molecule has 2 aromatic carbocycles. The van der Waals surface area contributed by atoms with Crippen LogP contribution in [0.15, 0.2) is 42.5 Å². The highest BCUT2D eigenvalue weighted by molar-refractivity contribution is 6.43. The Labute approximate surface area is 149 Å². The first-order valence-corrected chi connectivity index (χ1v) is 7.99. The number of methoxy groups -OCH3 is 1. The molecule has 0 radical (unpaired) electrons. The van der Waals surface area contributed by atoms with E-state index >= 15 is 0 Å². The number of benzene rings is 2. The molecule has 0 aliphatic carbocycles. The lowest BCUT2D eigenvalue weighted by Gasteiger charge is -2.18. The van der Waals surface area contributed by atoms with E-state index in [9.17, 15) is 9.59 Å². The Bertz CT molecular complexity index is 810. The van der Waals surface area contributed by atoms with Gasteiger partial charge < -0.3 is 10.1 Å². The van der Waals surface area contributed by atoms with Crippen LogP contribution in [0.3, 0.4) is 0 Å². The average Bonchev–Trinajstić information content (AvgIpc) is 2.85. The van der Waals surface area contributed by atoms with Crippen molar-refractivity contribution in [2.45, 2.75) is 12.5 Å². The first kappa shape index (κ1) is 16.6. The standard InChI is InChI=1S/C17H14Cl2N2O3/c1-24-14-8-3-2-7-13(14)21-15(22)9-12(17(21)23)20-11-6-4-5-10(18)16(11)19/h2-8,12,20H,9H2,1H3/t12-/m1/s1. The number of hydrogen-bond donors (Lipinski definition) is 1. The zero-order chi connectivity index (χ0) is 17.3. The predicted octanol–water partition coefficient (Wildman–Crippen LogP) is 3.75. The first-order chi connectivity index (χ1) is 11.5. The summed E-state index contributed by atoms with van der Waals surface area (Å²) >= 11 is 12.1. The van der Waals surface area contributed by atoms with Crippen LogP contribution in [0.2, 0.25) is 10.0 Å². The Morgan fingerprint density at radius 2 is 1.88 bits per heavy atom. The van der Waals surface area contributed by atoms with Gasteiger partial charge in [-0.1, -0.05) is 41.4 Å². The minimum Gasteiger partial charge on any atom is -0.495 e. The number of ether oxygens (including phenoxy) is 1. The van der Waals surface area contributed by atoms with Crippen LogP contribution < -0.4 is 15.0 Å². The molecule has 7 heteroatoms. The number of carbonyl (C=O) groups excluding carboxylic acids is 2. The molecular weight excluding hydrogens is 351 g/mol. The lowest BCUT2D eigenvalue weighted by atomic mass is 10.2. The van der Waals surface area contributed by atoms with E-state index < -0.39 is 6.04 Å². The van der Waals surface area contributed by atoms with Crippen LogP contribution in [-0.4, -0.2) is 25.0 Å². The number of halogens is 2. The number of hydrogen-bond acceptors (Lipinski definition) is 4. The maximum Gasteiger partial charge on any atom is 0.256 e. The van der Waals surface area contributed by atoms with Gasteiger partial charge in [0.25, 0.3) is 5.91 Å². The third-order valence-corrected chi connectivity index (χ3v) is 4.57. The van der Waals surface area contributed by atoms with Gasteiger partial charge in [-0.2, -0.15) is 0 Å². The maximum atomic E-state index is 12.7. The summed E-state index contributed by atoms with van der Waals surface area (Å²) < 4.78 is 5.24. The molecular formula is C17H14Cl2N2O3. The van der Waals surface area contributed by atoms with Crippen molar-refractivity contribution in [3.05, 3.63) is 52.5 Å². The second kappa shape index (κ2) is 6.71. The number of carbonyl (C=O) groups is 2. The topological polar surface area (TPSA) is 58.6 Å². The highest BCUT2D eigenvalue weighted by Gasteiger charge is 2.40. The molecule has 3 rings (SSSR count). The zero-order valence-electron chi connectivity index (χ0n) is 12.8. The van der Waals surface area contributed by atoms with E-state index in [0.717, 1.165) is 4.90 Å². The number of nitrogens with one attached hydrogen (secondary N) is 1. The lowest BCUT2D eigenvalue weighted by Crippen LogP contribution is -2.35. The van der Waals surface area contributed by atoms with Crippen LogP contribution >= 0.6 is 23.2 Å². The van der Waals surface area contributed by atoms with Crippen LogP contribution in [0, 0.1) is 0 Å². The molecule has 0 unspecified atom stereocenters. The molecule has 1 atom stereocenters. The molecule has 1 fully saturated rings. The fourth-order valence-corrected chi connectivity index (χ4v) is 2.97. The molecule has 2 amide bonds. The Balaban J connectivity index is 1.88. The number of nitrogens with zero attached hydrogens (tertiary/aromatic N) is 1. The van der Waals surface area contributed by atoms with Crippen LogP contribution in [0.1, 0.15) is 6.42 Å². The van der Waals surface area contributed by atoms with Crippen molar-refractivity contribution in [2.75, 3.05) is 17.3 Å².